The highest BCUT2D eigenvalue weighted by atomic mass is 16.4. The van der Waals surface area contributed by atoms with Crippen molar-refractivity contribution in [3.8, 4) is 0 Å². The smallest absolute Gasteiger partial charge is 0.234 e. The lowest BCUT2D eigenvalue weighted by Gasteiger charge is -2.34. The first-order valence-electron chi connectivity index (χ1n) is 6.72. The number of amidine groups is 1. The van der Waals surface area contributed by atoms with Crippen molar-refractivity contribution < 1.29 is 10.0 Å². The molecule has 1 aromatic rings. The second-order valence-electron chi connectivity index (χ2n) is 5.03. The van der Waals surface area contributed by atoms with Gasteiger partial charge in [0.25, 0.3) is 0 Å². The first kappa shape index (κ1) is 14.2. The molecule has 7 nitrogen and oxygen atoms in total. The van der Waals surface area contributed by atoms with E-state index in [1.807, 2.05) is 0 Å². The summed E-state index contributed by atoms with van der Waals surface area (Å²) < 4.78 is 0. The van der Waals surface area contributed by atoms with E-state index in [-0.39, 0.29) is 18.3 Å². The van der Waals surface area contributed by atoms with E-state index in [1.165, 1.54) is 0 Å². The van der Waals surface area contributed by atoms with Gasteiger partial charge in [-0.2, -0.15) is 10.2 Å². The molecule has 0 spiro atoms. The predicted octanol–water partition coefficient (Wildman–Crippen LogP) is 0.790. The lowest BCUT2D eigenvalue weighted by molar-refractivity contribution is -0.129. The Morgan fingerprint density at radius 3 is 2.80 bits per heavy atom. The van der Waals surface area contributed by atoms with Gasteiger partial charge in [0.2, 0.25) is 5.91 Å². The number of rotatable bonds is 4. The zero-order valence-corrected chi connectivity index (χ0v) is 11.2. The van der Waals surface area contributed by atoms with Gasteiger partial charge in [0.1, 0.15) is 5.41 Å². The minimum atomic E-state index is -0.894. The molecule has 4 N–H and O–H groups in total. The predicted molar refractivity (Wildman–Crippen MR) is 72.8 cm³/mol. The molecule has 1 aromatic heterocycles. The van der Waals surface area contributed by atoms with Crippen molar-refractivity contribution in [3.05, 3.63) is 24.0 Å². The fourth-order valence-electron chi connectivity index (χ4n) is 2.62. The SMILES string of the molecule is N/C(=N/O)C1(C(=O)NCc2cccnn2)CCCCC1. The van der Waals surface area contributed by atoms with E-state index in [2.05, 4.69) is 20.7 Å². The molecule has 20 heavy (non-hydrogen) atoms. The van der Waals surface area contributed by atoms with Gasteiger partial charge in [0.15, 0.2) is 5.84 Å². The number of amides is 1. The average Bonchev–Trinajstić information content (AvgIpc) is 2.53. The van der Waals surface area contributed by atoms with Crippen molar-refractivity contribution in [1.82, 2.24) is 15.5 Å². The Morgan fingerprint density at radius 1 is 1.45 bits per heavy atom. The minimum absolute atomic E-state index is 0.00570. The number of hydrogen-bond donors (Lipinski definition) is 3. The normalized spacial score (nSPS) is 18.5. The van der Waals surface area contributed by atoms with E-state index < -0.39 is 5.41 Å². The Balaban J connectivity index is 2.07. The topological polar surface area (TPSA) is 113 Å². The van der Waals surface area contributed by atoms with E-state index in [0.29, 0.717) is 18.5 Å². The molecule has 0 aromatic carbocycles. The van der Waals surface area contributed by atoms with Crippen molar-refractivity contribution in [2.45, 2.75) is 38.6 Å². The molecule has 0 saturated heterocycles. The highest BCUT2D eigenvalue weighted by Crippen LogP contribution is 2.36. The summed E-state index contributed by atoms with van der Waals surface area (Å²) in [6.07, 6.45) is 5.65. The first-order valence-corrected chi connectivity index (χ1v) is 6.72. The zero-order valence-electron chi connectivity index (χ0n) is 11.2. The van der Waals surface area contributed by atoms with Crippen LogP contribution in [-0.4, -0.2) is 27.1 Å². The van der Waals surface area contributed by atoms with Crippen LogP contribution >= 0.6 is 0 Å². The summed E-state index contributed by atoms with van der Waals surface area (Å²) in [5, 5.41) is 22.5. The molecular formula is C13H19N5O2. The van der Waals surface area contributed by atoms with Crippen molar-refractivity contribution >= 4 is 11.7 Å². The molecular weight excluding hydrogens is 258 g/mol. The molecule has 0 bridgehead atoms. The number of nitrogens with two attached hydrogens (primary N) is 1. The monoisotopic (exact) mass is 277 g/mol. The zero-order chi connectivity index (χ0) is 14.4. The van der Waals surface area contributed by atoms with Crippen LogP contribution in [0.25, 0.3) is 0 Å². The third-order valence-corrected chi connectivity index (χ3v) is 3.80. The maximum atomic E-state index is 12.5. The molecule has 0 radical (unpaired) electrons. The average molecular weight is 277 g/mol. The Kier molecular flexibility index (Phi) is 4.49. The van der Waals surface area contributed by atoms with Crippen LogP contribution in [0.3, 0.4) is 0 Å². The van der Waals surface area contributed by atoms with Crippen LogP contribution in [0.1, 0.15) is 37.8 Å². The Hall–Kier alpha value is -2.18. The number of nitrogens with zero attached hydrogens (tertiary/aromatic N) is 3. The van der Waals surface area contributed by atoms with Gasteiger partial charge in [-0.25, -0.2) is 0 Å². The second-order valence-corrected chi connectivity index (χ2v) is 5.03. The summed E-state index contributed by atoms with van der Waals surface area (Å²) in [5.41, 5.74) is 5.54. The first-order chi connectivity index (χ1) is 9.69. The van der Waals surface area contributed by atoms with Gasteiger partial charge in [-0.05, 0) is 25.0 Å². The van der Waals surface area contributed by atoms with E-state index in [9.17, 15) is 4.79 Å². The van der Waals surface area contributed by atoms with Crippen LogP contribution in [0.2, 0.25) is 0 Å². The fraction of sp³-hybridized carbons (Fsp3) is 0.538. The largest absolute Gasteiger partial charge is 0.409 e. The standard InChI is InChI=1S/C13H19N5O2/c14-11(18-20)13(6-2-1-3-7-13)12(19)15-9-10-5-4-8-16-17-10/h4-5,8,20H,1-3,6-7,9H2,(H2,14,18)(H,15,19). The molecule has 0 aliphatic heterocycles. The quantitative estimate of drug-likeness (QED) is 0.326. The van der Waals surface area contributed by atoms with Gasteiger partial charge in [-0.1, -0.05) is 24.4 Å². The van der Waals surface area contributed by atoms with Crippen LogP contribution in [0.4, 0.5) is 0 Å². The molecule has 0 unspecified atom stereocenters. The second kappa shape index (κ2) is 6.31. The number of hydrogen-bond acceptors (Lipinski definition) is 5. The van der Waals surface area contributed by atoms with Gasteiger partial charge in [0.05, 0.1) is 12.2 Å². The fourth-order valence-corrected chi connectivity index (χ4v) is 2.62. The molecule has 1 amide bonds. The maximum Gasteiger partial charge on any atom is 0.234 e. The summed E-state index contributed by atoms with van der Waals surface area (Å²) in [4.78, 5) is 12.5. The highest BCUT2D eigenvalue weighted by Gasteiger charge is 2.43. The molecule has 1 fully saturated rings. The minimum Gasteiger partial charge on any atom is -0.409 e. The number of aromatic nitrogens is 2. The molecule has 1 aliphatic rings. The molecule has 1 aliphatic carbocycles. The van der Waals surface area contributed by atoms with Crippen LogP contribution in [0.5, 0.6) is 0 Å². The van der Waals surface area contributed by atoms with Crippen molar-refractivity contribution in [2.24, 2.45) is 16.3 Å². The van der Waals surface area contributed by atoms with Gasteiger partial charge < -0.3 is 16.3 Å². The van der Waals surface area contributed by atoms with Crippen LogP contribution in [0, 0.1) is 5.41 Å². The third kappa shape index (κ3) is 2.87. The highest BCUT2D eigenvalue weighted by molar-refractivity contribution is 6.06. The van der Waals surface area contributed by atoms with Crippen molar-refractivity contribution in [1.29, 1.82) is 0 Å². The van der Waals surface area contributed by atoms with Crippen LogP contribution < -0.4 is 11.1 Å². The van der Waals surface area contributed by atoms with Gasteiger partial charge >= 0.3 is 0 Å². The maximum absolute atomic E-state index is 12.5. The number of carbonyl (C=O) groups is 1. The van der Waals surface area contributed by atoms with E-state index >= 15 is 0 Å². The summed E-state index contributed by atoms with van der Waals surface area (Å²) in [5.74, 6) is -0.216. The number of carbonyl (C=O) groups excluding carboxylic acids is 1. The van der Waals surface area contributed by atoms with Crippen LogP contribution in [-0.2, 0) is 11.3 Å². The van der Waals surface area contributed by atoms with Crippen LogP contribution in [0.15, 0.2) is 23.5 Å². The van der Waals surface area contributed by atoms with Gasteiger partial charge in [-0.15, -0.1) is 0 Å². The molecule has 1 saturated carbocycles. The van der Waals surface area contributed by atoms with Crippen molar-refractivity contribution in [2.75, 3.05) is 0 Å². The van der Waals surface area contributed by atoms with Crippen molar-refractivity contribution in [3.63, 3.8) is 0 Å². The lowest BCUT2D eigenvalue weighted by atomic mass is 9.72. The lowest BCUT2D eigenvalue weighted by Crippen LogP contribution is -2.50. The molecule has 2 rings (SSSR count). The number of nitrogens with one attached hydrogen (secondary N) is 1. The van der Waals surface area contributed by atoms with E-state index in [0.717, 1.165) is 19.3 Å². The third-order valence-electron chi connectivity index (χ3n) is 3.80. The van der Waals surface area contributed by atoms with E-state index in [1.54, 1.807) is 18.3 Å². The summed E-state index contributed by atoms with van der Waals surface area (Å²) in [7, 11) is 0. The Labute approximate surface area is 117 Å². The van der Waals surface area contributed by atoms with Gasteiger partial charge in [0, 0.05) is 6.20 Å². The Morgan fingerprint density at radius 2 is 2.20 bits per heavy atom. The summed E-state index contributed by atoms with van der Waals surface area (Å²) in [6, 6.07) is 3.54. The number of oxime groups is 1. The summed E-state index contributed by atoms with van der Waals surface area (Å²) >= 11 is 0. The molecule has 1 heterocycles. The molecule has 7 heteroatoms. The molecule has 108 valence electrons. The Bertz CT molecular complexity index is 483. The van der Waals surface area contributed by atoms with E-state index in [4.69, 9.17) is 10.9 Å². The van der Waals surface area contributed by atoms with Gasteiger partial charge in [-0.3, -0.25) is 4.79 Å². The molecule has 0 atom stereocenters. The summed E-state index contributed by atoms with van der Waals surface area (Å²) in [6.45, 7) is 0.285.